The van der Waals surface area contributed by atoms with Gasteiger partial charge in [-0.3, -0.25) is 9.88 Å². The van der Waals surface area contributed by atoms with Gasteiger partial charge in [-0.05, 0) is 57.0 Å². The van der Waals surface area contributed by atoms with E-state index >= 15 is 0 Å². The zero-order valence-corrected chi connectivity index (χ0v) is 16.6. The van der Waals surface area contributed by atoms with Gasteiger partial charge in [0.2, 0.25) is 0 Å². The van der Waals surface area contributed by atoms with Crippen molar-refractivity contribution in [1.82, 2.24) is 14.5 Å². The summed E-state index contributed by atoms with van der Waals surface area (Å²) in [6.07, 6.45) is 7.48. The Balaban J connectivity index is 1.77. The van der Waals surface area contributed by atoms with Crippen molar-refractivity contribution in [2.45, 2.75) is 45.8 Å². The topological polar surface area (TPSA) is 60.2 Å². The van der Waals surface area contributed by atoms with Crippen molar-refractivity contribution in [1.29, 1.82) is 0 Å². The number of fused-ring (bicyclic) bond motifs is 1. The van der Waals surface area contributed by atoms with Gasteiger partial charge in [-0.1, -0.05) is 12.1 Å². The summed E-state index contributed by atoms with van der Waals surface area (Å²) in [4.78, 5) is 23.6. The molecule has 0 spiro atoms. The average Bonchev–Trinajstić information content (AvgIpc) is 3.24. The van der Waals surface area contributed by atoms with Crippen molar-refractivity contribution in [2.24, 2.45) is 0 Å². The fraction of sp³-hybridized carbons (Fsp3) is 0.318. The third-order valence-electron chi connectivity index (χ3n) is 4.70. The number of hydrogen-bond acceptors (Lipinski definition) is 4. The molecule has 1 aromatic carbocycles. The van der Waals surface area contributed by atoms with Crippen LogP contribution in [0.25, 0.3) is 5.69 Å². The number of imidazole rings is 1. The second-order valence-electron chi connectivity index (χ2n) is 8.07. The third kappa shape index (κ3) is 3.38. The van der Waals surface area contributed by atoms with Gasteiger partial charge in [0.15, 0.2) is 0 Å². The number of anilines is 1. The first-order chi connectivity index (χ1) is 13.3. The quantitative estimate of drug-likeness (QED) is 0.655. The molecular weight excluding hydrogens is 352 g/mol. The van der Waals surface area contributed by atoms with Crippen molar-refractivity contribution >= 4 is 11.8 Å². The van der Waals surface area contributed by atoms with E-state index in [0.29, 0.717) is 6.42 Å². The first-order valence-corrected chi connectivity index (χ1v) is 9.39. The molecule has 0 fully saturated rings. The number of carbonyl (C=O) groups is 1. The molecule has 0 saturated heterocycles. The maximum Gasteiger partial charge on any atom is 0.415 e. The van der Waals surface area contributed by atoms with E-state index in [9.17, 15) is 4.79 Å². The highest BCUT2D eigenvalue weighted by molar-refractivity contribution is 5.91. The predicted molar refractivity (Wildman–Crippen MR) is 108 cm³/mol. The summed E-state index contributed by atoms with van der Waals surface area (Å²) >= 11 is 0. The monoisotopic (exact) mass is 376 g/mol. The third-order valence-corrected chi connectivity index (χ3v) is 4.70. The first-order valence-electron chi connectivity index (χ1n) is 9.39. The fourth-order valence-electron chi connectivity index (χ4n) is 3.58. The number of aromatic nitrogens is 3. The van der Waals surface area contributed by atoms with Gasteiger partial charge in [-0.25, -0.2) is 9.78 Å². The Morgan fingerprint density at radius 2 is 2.04 bits per heavy atom. The van der Waals surface area contributed by atoms with Crippen LogP contribution in [0.2, 0.25) is 0 Å². The highest BCUT2D eigenvalue weighted by Gasteiger charge is 2.39. The lowest BCUT2D eigenvalue weighted by Gasteiger charge is -2.29. The minimum atomic E-state index is -0.580. The lowest BCUT2D eigenvalue weighted by molar-refractivity contribution is 0.0568. The molecule has 3 aromatic rings. The minimum absolute atomic E-state index is 0.260. The van der Waals surface area contributed by atoms with Gasteiger partial charge < -0.3 is 9.30 Å². The van der Waals surface area contributed by atoms with E-state index < -0.39 is 5.60 Å². The molecule has 2 aromatic heterocycles. The van der Waals surface area contributed by atoms with E-state index in [0.717, 1.165) is 22.8 Å². The molecule has 28 heavy (non-hydrogen) atoms. The van der Waals surface area contributed by atoms with Crippen molar-refractivity contribution in [3.8, 4) is 5.69 Å². The highest BCUT2D eigenvalue weighted by atomic mass is 16.6. The second-order valence-corrected chi connectivity index (χ2v) is 8.07. The zero-order valence-electron chi connectivity index (χ0n) is 16.6. The van der Waals surface area contributed by atoms with Crippen LogP contribution >= 0.6 is 0 Å². The number of amides is 1. The smallest absolute Gasteiger partial charge is 0.415 e. The molecular formula is C22H24N4O2. The molecule has 3 heterocycles. The summed E-state index contributed by atoms with van der Waals surface area (Å²) in [6.45, 7) is 7.68. The summed E-state index contributed by atoms with van der Waals surface area (Å²) in [7, 11) is 0. The molecule has 0 aliphatic carbocycles. The van der Waals surface area contributed by atoms with E-state index in [-0.39, 0.29) is 12.1 Å². The predicted octanol–water partition coefficient (Wildman–Crippen LogP) is 4.61. The van der Waals surface area contributed by atoms with Crippen LogP contribution in [0, 0.1) is 6.92 Å². The van der Waals surface area contributed by atoms with E-state index in [1.54, 1.807) is 17.3 Å². The molecule has 6 nitrogen and oxygen atoms in total. The molecule has 144 valence electrons. The van der Waals surface area contributed by atoms with Gasteiger partial charge in [0.25, 0.3) is 0 Å². The van der Waals surface area contributed by atoms with Gasteiger partial charge in [0, 0.05) is 36.9 Å². The molecule has 1 aliphatic rings. The standard InChI is InChI=1S/C22H24N4O2/c1-15-6-5-7-17(12-15)25-11-10-24-20(25)19-13-16-14-23-9-8-18(16)26(19)21(27)28-22(2,3)4/h5-12,14,19H,13H2,1-4H3. The normalized spacial score (nSPS) is 16.1. The number of ether oxygens (including phenoxy) is 1. The van der Waals surface area contributed by atoms with E-state index in [2.05, 4.69) is 29.0 Å². The van der Waals surface area contributed by atoms with Crippen molar-refractivity contribution < 1.29 is 9.53 Å². The first kappa shape index (κ1) is 18.2. The van der Waals surface area contributed by atoms with E-state index in [1.165, 1.54) is 5.56 Å². The van der Waals surface area contributed by atoms with Crippen LogP contribution in [0.15, 0.2) is 55.1 Å². The lowest BCUT2D eigenvalue weighted by Crippen LogP contribution is -2.38. The van der Waals surface area contributed by atoms with Crippen LogP contribution in [-0.4, -0.2) is 26.2 Å². The maximum atomic E-state index is 13.1. The number of benzene rings is 1. The number of carbonyl (C=O) groups excluding carboxylic acids is 1. The number of aryl methyl sites for hydroxylation is 1. The Labute approximate surface area is 164 Å². The number of hydrogen-bond donors (Lipinski definition) is 0. The Morgan fingerprint density at radius 3 is 2.79 bits per heavy atom. The van der Waals surface area contributed by atoms with Crippen molar-refractivity contribution in [3.63, 3.8) is 0 Å². The summed E-state index contributed by atoms with van der Waals surface area (Å²) < 4.78 is 7.74. The Hall–Kier alpha value is -3.15. The SMILES string of the molecule is Cc1cccc(-n2ccnc2C2Cc3cnccc3N2C(=O)OC(C)(C)C)c1. The van der Waals surface area contributed by atoms with Crippen LogP contribution in [0.1, 0.15) is 43.8 Å². The molecule has 6 heteroatoms. The fourth-order valence-corrected chi connectivity index (χ4v) is 3.58. The Kier molecular flexibility index (Phi) is 4.41. The molecule has 1 unspecified atom stereocenters. The average molecular weight is 376 g/mol. The second kappa shape index (κ2) is 6.78. The maximum absolute atomic E-state index is 13.1. The summed E-state index contributed by atoms with van der Waals surface area (Å²) in [6, 6.07) is 9.83. The largest absolute Gasteiger partial charge is 0.443 e. The Bertz CT molecular complexity index is 1020. The van der Waals surface area contributed by atoms with Crippen LogP contribution in [0.4, 0.5) is 10.5 Å². The number of pyridine rings is 1. The molecule has 4 rings (SSSR count). The Morgan fingerprint density at radius 1 is 1.21 bits per heavy atom. The number of nitrogens with zero attached hydrogens (tertiary/aromatic N) is 4. The molecule has 0 radical (unpaired) electrons. The van der Waals surface area contributed by atoms with Gasteiger partial charge in [0.1, 0.15) is 17.5 Å². The minimum Gasteiger partial charge on any atom is -0.443 e. The molecule has 0 bridgehead atoms. The molecule has 0 N–H and O–H groups in total. The van der Waals surface area contributed by atoms with E-state index in [1.807, 2.05) is 55.9 Å². The van der Waals surface area contributed by atoms with Gasteiger partial charge in [-0.15, -0.1) is 0 Å². The molecule has 1 atom stereocenters. The summed E-state index contributed by atoms with van der Waals surface area (Å²) in [5.41, 5.74) is 3.44. The van der Waals surface area contributed by atoms with E-state index in [4.69, 9.17) is 4.74 Å². The summed E-state index contributed by atoms with van der Waals surface area (Å²) in [5.74, 6) is 0.799. The van der Waals surface area contributed by atoms with Gasteiger partial charge in [-0.2, -0.15) is 0 Å². The zero-order chi connectivity index (χ0) is 19.9. The van der Waals surface area contributed by atoms with Crippen molar-refractivity contribution in [2.75, 3.05) is 4.90 Å². The summed E-state index contributed by atoms with van der Waals surface area (Å²) in [5, 5.41) is 0. The van der Waals surface area contributed by atoms with Gasteiger partial charge >= 0.3 is 6.09 Å². The van der Waals surface area contributed by atoms with Gasteiger partial charge in [0.05, 0.1) is 5.69 Å². The van der Waals surface area contributed by atoms with Crippen molar-refractivity contribution in [3.05, 3.63) is 72.1 Å². The highest BCUT2D eigenvalue weighted by Crippen LogP contribution is 2.40. The van der Waals surface area contributed by atoms with Crippen LogP contribution in [-0.2, 0) is 11.2 Å². The number of rotatable bonds is 2. The van der Waals surface area contributed by atoms with Crippen LogP contribution in [0.3, 0.4) is 0 Å². The molecule has 1 amide bonds. The van der Waals surface area contributed by atoms with Crippen LogP contribution in [0.5, 0.6) is 0 Å². The van der Waals surface area contributed by atoms with Crippen LogP contribution < -0.4 is 4.90 Å². The molecule has 1 aliphatic heterocycles. The lowest BCUT2D eigenvalue weighted by atomic mass is 10.1. The molecule has 0 saturated carbocycles.